The van der Waals surface area contributed by atoms with Gasteiger partial charge in [0, 0.05) is 18.3 Å². The van der Waals surface area contributed by atoms with Gasteiger partial charge >= 0.3 is 5.97 Å². The number of hydrogen-bond acceptors (Lipinski definition) is 6. The molecule has 4 N–H and O–H groups in total. The molecule has 0 radical (unpaired) electrons. The Morgan fingerprint density at radius 3 is 2.83 bits per heavy atom. The Morgan fingerprint density at radius 2 is 2.21 bits per heavy atom. The number of rotatable bonds is 4. The second-order valence-electron chi connectivity index (χ2n) is 6.02. The number of carboxylic acid groups (broad SMARTS) is 1. The molecule has 4 rings (SSSR count). The Labute approximate surface area is 135 Å². The number of fused-ring (bicyclic) bond motifs is 1. The van der Waals surface area contributed by atoms with E-state index in [0.717, 1.165) is 0 Å². The number of H-pyrrole nitrogens is 1. The number of carbonyl (C=O) groups is 3. The minimum Gasteiger partial charge on any atom is -0.480 e. The van der Waals surface area contributed by atoms with Crippen molar-refractivity contribution in [3.8, 4) is 0 Å². The van der Waals surface area contributed by atoms with Crippen LogP contribution in [-0.4, -0.2) is 38.4 Å². The molecule has 2 fully saturated rings. The van der Waals surface area contributed by atoms with E-state index in [0.29, 0.717) is 11.5 Å². The lowest BCUT2D eigenvalue weighted by Crippen LogP contribution is -2.57. The fourth-order valence-electron chi connectivity index (χ4n) is 3.76. The topological polar surface area (TPSA) is 137 Å². The number of aliphatic carboxylic acids is 1. The summed E-state index contributed by atoms with van der Waals surface area (Å²) < 4.78 is 5.35. The number of amides is 2. The van der Waals surface area contributed by atoms with E-state index in [2.05, 4.69) is 20.6 Å². The van der Waals surface area contributed by atoms with Crippen LogP contribution in [0.15, 0.2) is 35.3 Å². The molecular weight excluding hydrogens is 316 g/mol. The molecule has 9 nitrogen and oxygen atoms in total. The average molecular weight is 330 g/mol. The molecular formula is C15H14N4O5. The zero-order chi connectivity index (χ0) is 16.9. The molecule has 4 atom stereocenters. The summed E-state index contributed by atoms with van der Waals surface area (Å²) >= 11 is 0. The van der Waals surface area contributed by atoms with Gasteiger partial charge in [-0.15, -0.1) is 0 Å². The summed E-state index contributed by atoms with van der Waals surface area (Å²) in [5, 5.41) is 15.1. The molecule has 2 saturated heterocycles. The van der Waals surface area contributed by atoms with Gasteiger partial charge in [0.2, 0.25) is 11.8 Å². The summed E-state index contributed by atoms with van der Waals surface area (Å²) in [5.41, 5.74) is -1.08. The third-order valence-electron chi connectivity index (χ3n) is 4.75. The van der Waals surface area contributed by atoms with E-state index in [4.69, 9.17) is 4.42 Å². The Hall–Kier alpha value is -2.94. The molecule has 2 aromatic rings. The third kappa shape index (κ3) is 1.91. The van der Waals surface area contributed by atoms with E-state index in [1.165, 1.54) is 18.8 Å². The van der Waals surface area contributed by atoms with Gasteiger partial charge in [-0.25, -0.2) is 4.98 Å². The lowest BCUT2D eigenvalue weighted by Gasteiger charge is -2.29. The quantitative estimate of drug-likeness (QED) is 0.560. The largest absolute Gasteiger partial charge is 0.480 e. The standard InChI is InChI=1S/C15H14N4O5/c20-12-9-10(13(21)18-12)15(14(22)23,4-7-5-16-6-17-7)19-11(9)8-2-1-3-24-8/h1-3,5-6,9-11,19H,4H2,(H,16,17)(H,22,23)(H,18,20,21)/t9-,10-,11?,15?/m0/s1. The molecule has 0 spiro atoms. The van der Waals surface area contributed by atoms with Gasteiger partial charge in [-0.2, -0.15) is 0 Å². The molecule has 2 unspecified atom stereocenters. The fourth-order valence-corrected chi connectivity index (χ4v) is 3.76. The number of carbonyl (C=O) groups excluding carboxylic acids is 2. The lowest BCUT2D eigenvalue weighted by molar-refractivity contribution is -0.149. The molecule has 9 heteroatoms. The van der Waals surface area contributed by atoms with Crippen LogP contribution in [0.1, 0.15) is 17.5 Å². The maximum Gasteiger partial charge on any atom is 0.325 e. The van der Waals surface area contributed by atoms with Gasteiger partial charge in [0.1, 0.15) is 11.3 Å². The van der Waals surface area contributed by atoms with Gasteiger partial charge < -0.3 is 14.5 Å². The number of imide groups is 1. The fraction of sp³-hybridized carbons (Fsp3) is 0.333. The molecule has 4 heterocycles. The van der Waals surface area contributed by atoms with E-state index in [-0.39, 0.29) is 6.42 Å². The van der Waals surface area contributed by atoms with Crippen LogP contribution in [0.2, 0.25) is 0 Å². The highest BCUT2D eigenvalue weighted by Gasteiger charge is 2.67. The molecule has 2 amide bonds. The Balaban J connectivity index is 1.82. The number of aromatic nitrogens is 2. The van der Waals surface area contributed by atoms with Gasteiger partial charge in [-0.3, -0.25) is 25.0 Å². The number of imidazole rings is 1. The minimum atomic E-state index is -1.63. The normalized spacial score (nSPS) is 31.9. The number of furan rings is 1. The second kappa shape index (κ2) is 5.03. The van der Waals surface area contributed by atoms with Gasteiger partial charge in [-0.1, -0.05) is 0 Å². The molecule has 2 aliphatic heterocycles. The first-order chi connectivity index (χ1) is 11.5. The summed E-state index contributed by atoms with van der Waals surface area (Å²) in [4.78, 5) is 43.5. The van der Waals surface area contributed by atoms with Crippen LogP contribution in [0, 0.1) is 11.8 Å². The smallest absolute Gasteiger partial charge is 0.325 e. The molecule has 0 bridgehead atoms. The number of hydrogen-bond donors (Lipinski definition) is 4. The van der Waals surface area contributed by atoms with E-state index in [1.54, 1.807) is 12.1 Å². The maximum absolute atomic E-state index is 12.3. The predicted molar refractivity (Wildman–Crippen MR) is 77.4 cm³/mol. The van der Waals surface area contributed by atoms with Gasteiger partial charge in [0.15, 0.2) is 0 Å². The van der Waals surface area contributed by atoms with E-state index >= 15 is 0 Å². The van der Waals surface area contributed by atoms with Crippen molar-refractivity contribution >= 4 is 17.8 Å². The molecule has 0 saturated carbocycles. The summed E-state index contributed by atoms with van der Waals surface area (Å²) in [6, 6.07) is 2.60. The zero-order valence-corrected chi connectivity index (χ0v) is 12.4. The predicted octanol–water partition coefficient (Wildman–Crippen LogP) is -0.398. The highest BCUT2D eigenvalue weighted by Crippen LogP contribution is 2.47. The van der Waals surface area contributed by atoms with Crippen molar-refractivity contribution in [2.24, 2.45) is 11.8 Å². The summed E-state index contributed by atoms with van der Waals surface area (Å²) in [5.74, 6) is -3.75. The first kappa shape index (κ1) is 14.6. The molecule has 124 valence electrons. The molecule has 2 aromatic heterocycles. The van der Waals surface area contributed by atoms with Crippen LogP contribution in [0.4, 0.5) is 0 Å². The van der Waals surface area contributed by atoms with Crippen molar-refractivity contribution in [3.05, 3.63) is 42.4 Å². The molecule has 24 heavy (non-hydrogen) atoms. The first-order valence-electron chi connectivity index (χ1n) is 7.39. The second-order valence-corrected chi connectivity index (χ2v) is 6.02. The van der Waals surface area contributed by atoms with Crippen LogP contribution in [-0.2, 0) is 20.8 Å². The van der Waals surface area contributed by atoms with Crippen molar-refractivity contribution in [3.63, 3.8) is 0 Å². The number of aromatic amines is 1. The summed E-state index contributed by atoms with van der Waals surface area (Å²) in [6.45, 7) is 0. The van der Waals surface area contributed by atoms with Gasteiger partial charge in [0.25, 0.3) is 0 Å². The van der Waals surface area contributed by atoms with Crippen molar-refractivity contribution in [1.29, 1.82) is 0 Å². The van der Waals surface area contributed by atoms with Crippen molar-refractivity contribution < 1.29 is 23.9 Å². The van der Waals surface area contributed by atoms with Crippen molar-refractivity contribution in [1.82, 2.24) is 20.6 Å². The van der Waals surface area contributed by atoms with E-state index in [9.17, 15) is 19.5 Å². The first-order valence-corrected chi connectivity index (χ1v) is 7.39. The van der Waals surface area contributed by atoms with Crippen LogP contribution in [0.25, 0.3) is 0 Å². The monoisotopic (exact) mass is 330 g/mol. The highest BCUT2D eigenvalue weighted by atomic mass is 16.4. The van der Waals surface area contributed by atoms with Crippen LogP contribution >= 0.6 is 0 Å². The SMILES string of the molecule is O=C1NC(=O)[C@@H]2[C@H]1C(c1ccco1)NC2(Cc1cnc[nH]1)C(=O)O. The summed E-state index contributed by atoms with van der Waals surface area (Å²) in [6.07, 6.45) is 4.36. The van der Waals surface area contributed by atoms with Crippen molar-refractivity contribution in [2.75, 3.05) is 0 Å². The average Bonchev–Trinajstić information content (AvgIpc) is 3.29. The highest BCUT2D eigenvalue weighted by molar-refractivity contribution is 6.09. The zero-order valence-electron chi connectivity index (χ0n) is 12.4. The maximum atomic E-state index is 12.3. The molecule has 2 aliphatic rings. The molecule has 0 aliphatic carbocycles. The Morgan fingerprint density at radius 1 is 1.38 bits per heavy atom. The van der Waals surface area contributed by atoms with Crippen molar-refractivity contribution in [2.45, 2.75) is 18.0 Å². The number of nitrogens with zero attached hydrogens (tertiary/aromatic N) is 1. The summed E-state index contributed by atoms with van der Waals surface area (Å²) in [7, 11) is 0. The van der Waals surface area contributed by atoms with E-state index in [1.807, 2.05) is 0 Å². The van der Waals surface area contributed by atoms with Crippen LogP contribution in [0.3, 0.4) is 0 Å². The van der Waals surface area contributed by atoms with Crippen LogP contribution in [0.5, 0.6) is 0 Å². The third-order valence-corrected chi connectivity index (χ3v) is 4.75. The van der Waals surface area contributed by atoms with Crippen LogP contribution < -0.4 is 10.6 Å². The molecule has 0 aromatic carbocycles. The minimum absolute atomic E-state index is 0.0125. The van der Waals surface area contributed by atoms with E-state index < -0.39 is 41.2 Å². The van der Waals surface area contributed by atoms with Gasteiger partial charge in [0.05, 0.1) is 30.5 Å². The number of carboxylic acids is 1. The number of nitrogens with one attached hydrogen (secondary N) is 3. The lowest BCUT2D eigenvalue weighted by atomic mass is 9.77. The van der Waals surface area contributed by atoms with Gasteiger partial charge in [-0.05, 0) is 12.1 Å². The Kier molecular flexibility index (Phi) is 3.07. The Bertz CT molecular complexity index is 800.